The fourth-order valence-corrected chi connectivity index (χ4v) is 3.86. The van der Waals surface area contributed by atoms with Gasteiger partial charge in [-0.15, -0.1) is 5.10 Å². The van der Waals surface area contributed by atoms with E-state index >= 15 is 0 Å². The molecule has 3 heterocycles. The van der Waals surface area contributed by atoms with Crippen molar-refractivity contribution in [3.63, 3.8) is 0 Å². The molecule has 2 aromatic rings. The van der Waals surface area contributed by atoms with Gasteiger partial charge in [0.2, 0.25) is 0 Å². The number of hydrogen-bond donors (Lipinski definition) is 1. The first kappa shape index (κ1) is 16.1. The number of amides is 2. The Balaban J connectivity index is 1.34. The van der Waals surface area contributed by atoms with Crippen LogP contribution in [0, 0.1) is 0 Å². The van der Waals surface area contributed by atoms with Crippen LogP contribution in [0.15, 0.2) is 36.5 Å². The smallest absolute Gasteiger partial charge is 0.317 e. The maximum Gasteiger partial charge on any atom is 0.317 e. The zero-order chi connectivity index (χ0) is 17.2. The molecule has 2 aliphatic rings. The Bertz CT molecular complexity index is 730. The fraction of sp³-hybridized carbons (Fsp3) is 0.500. The quantitative estimate of drug-likeness (QED) is 0.923. The Hall–Kier alpha value is -2.41. The molecule has 7 heteroatoms. The predicted octanol–water partition coefficient (Wildman–Crippen LogP) is 1.65. The van der Waals surface area contributed by atoms with Crippen LogP contribution in [0.3, 0.4) is 0 Å². The van der Waals surface area contributed by atoms with Crippen molar-refractivity contribution in [1.82, 2.24) is 30.1 Å². The van der Waals surface area contributed by atoms with E-state index in [1.165, 1.54) is 12.8 Å². The van der Waals surface area contributed by atoms with Gasteiger partial charge in [-0.2, -0.15) is 0 Å². The van der Waals surface area contributed by atoms with Gasteiger partial charge in [-0.3, -0.25) is 4.90 Å². The predicted molar refractivity (Wildman–Crippen MR) is 94.4 cm³/mol. The number of carbonyl (C=O) groups excluding carboxylic acids is 1. The SMILES string of the molecule is CN1[C@H]2CC[C@H]1CN(C(=O)NCc1cn(-c3ccccc3)nn1)CC2. The van der Waals surface area contributed by atoms with Gasteiger partial charge in [0.1, 0.15) is 5.69 Å². The normalized spacial score (nSPS) is 23.5. The fourth-order valence-electron chi connectivity index (χ4n) is 3.86. The lowest BCUT2D eigenvalue weighted by atomic mass is 10.1. The largest absolute Gasteiger partial charge is 0.332 e. The molecule has 0 aliphatic carbocycles. The van der Waals surface area contributed by atoms with Crippen molar-refractivity contribution in [1.29, 1.82) is 0 Å². The summed E-state index contributed by atoms with van der Waals surface area (Å²) in [5.74, 6) is 0. The Morgan fingerprint density at radius 2 is 2.00 bits per heavy atom. The lowest BCUT2D eigenvalue weighted by Gasteiger charge is -2.25. The molecule has 0 spiro atoms. The van der Waals surface area contributed by atoms with E-state index in [4.69, 9.17) is 0 Å². The van der Waals surface area contributed by atoms with E-state index in [9.17, 15) is 4.79 Å². The number of carbonyl (C=O) groups is 1. The van der Waals surface area contributed by atoms with Crippen LogP contribution in [0.2, 0.25) is 0 Å². The summed E-state index contributed by atoms with van der Waals surface area (Å²) < 4.78 is 1.72. The van der Waals surface area contributed by atoms with Crippen LogP contribution in [-0.2, 0) is 6.54 Å². The monoisotopic (exact) mass is 340 g/mol. The Labute approximate surface area is 147 Å². The first-order chi connectivity index (χ1) is 12.2. The molecule has 1 aromatic heterocycles. The highest BCUT2D eigenvalue weighted by Crippen LogP contribution is 2.28. The number of nitrogens with zero attached hydrogens (tertiary/aromatic N) is 5. The van der Waals surface area contributed by atoms with E-state index in [-0.39, 0.29) is 6.03 Å². The van der Waals surface area contributed by atoms with Crippen LogP contribution >= 0.6 is 0 Å². The van der Waals surface area contributed by atoms with E-state index < -0.39 is 0 Å². The van der Waals surface area contributed by atoms with Crippen LogP contribution in [0.5, 0.6) is 0 Å². The number of urea groups is 1. The molecule has 2 bridgehead atoms. The third-order valence-electron chi connectivity index (χ3n) is 5.42. The van der Waals surface area contributed by atoms with Gasteiger partial charge >= 0.3 is 6.03 Å². The van der Waals surface area contributed by atoms with E-state index in [0.29, 0.717) is 18.6 Å². The van der Waals surface area contributed by atoms with Crippen LogP contribution in [0.4, 0.5) is 4.79 Å². The van der Waals surface area contributed by atoms with Gasteiger partial charge in [-0.05, 0) is 38.4 Å². The van der Waals surface area contributed by atoms with Crippen molar-refractivity contribution in [3.8, 4) is 5.69 Å². The molecule has 2 fully saturated rings. The van der Waals surface area contributed by atoms with E-state index in [2.05, 4.69) is 27.6 Å². The molecule has 7 nitrogen and oxygen atoms in total. The summed E-state index contributed by atoms with van der Waals surface area (Å²) in [5, 5.41) is 11.3. The number of rotatable bonds is 3. The zero-order valence-corrected chi connectivity index (χ0v) is 14.5. The second-order valence-electron chi connectivity index (χ2n) is 6.93. The summed E-state index contributed by atoms with van der Waals surface area (Å²) in [4.78, 5) is 16.9. The number of fused-ring (bicyclic) bond motifs is 2. The molecular weight excluding hydrogens is 316 g/mol. The average Bonchev–Trinajstić information content (AvgIpc) is 3.18. The topological polar surface area (TPSA) is 66.3 Å². The van der Waals surface area contributed by atoms with Gasteiger partial charge in [0.15, 0.2) is 0 Å². The summed E-state index contributed by atoms with van der Waals surface area (Å²) in [6.45, 7) is 2.04. The lowest BCUT2D eigenvalue weighted by molar-refractivity contribution is 0.187. The van der Waals surface area contributed by atoms with Gasteiger partial charge in [-0.25, -0.2) is 9.48 Å². The van der Waals surface area contributed by atoms with Gasteiger partial charge in [0.25, 0.3) is 0 Å². The van der Waals surface area contributed by atoms with Crippen LogP contribution < -0.4 is 5.32 Å². The molecule has 2 saturated heterocycles. The molecule has 1 N–H and O–H groups in total. The maximum atomic E-state index is 12.5. The van der Waals surface area contributed by atoms with Crippen molar-refractivity contribution in [2.75, 3.05) is 20.1 Å². The van der Waals surface area contributed by atoms with Gasteiger partial charge < -0.3 is 10.2 Å². The number of benzene rings is 1. The third-order valence-corrected chi connectivity index (χ3v) is 5.42. The summed E-state index contributed by atoms with van der Waals surface area (Å²) in [5.41, 5.74) is 1.71. The molecule has 25 heavy (non-hydrogen) atoms. The minimum atomic E-state index is -0.00443. The molecule has 2 amide bonds. The minimum Gasteiger partial charge on any atom is -0.332 e. The van der Waals surface area contributed by atoms with Gasteiger partial charge in [-0.1, -0.05) is 23.4 Å². The standard InChI is InChI=1S/C18H24N6O/c1-22-15-7-8-17(22)13-23(10-9-15)18(25)19-11-14-12-24(21-20-14)16-5-3-2-4-6-16/h2-6,12,15,17H,7-11,13H2,1H3,(H,19,25)/t15-,17-/m0/s1. The zero-order valence-electron chi connectivity index (χ0n) is 14.5. The number of para-hydroxylation sites is 1. The summed E-state index contributed by atoms with van der Waals surface area (Å²) in [7, 11) is 2.19. The lowest BCUT2D eigenvalue weighted by Crippen LogP contribution is -2.44. The molecule has 0 unspecified atom stereocenters. The second-order valence-corrected chi connectivity index (χ2v) is 6.93. The molecular formula is C18H24N6O. The highest BCUT2D eigenvalue weighted by molar-refractivity contribution is 5.74. The van der Waals surface area contributed by atoms with Crippen LogP contribution in [-0.4, -0.2) is 63.0 Å². The first-order valence-corrected chi connectivity index (χ1v) is 8.92. The molecule has 2 atom stereocenters. The average molecular weight is 340 g/mol. The van der Waals surface area contributed by atoms with Crippen molar-refractivity contribution < 1.29 is 4.79 Å². The van der Waals surface area contributed by atoms with Gasteiger partial charge in [0.05, 0.1) is 18.4 Å². The Kier molecular flexibility index (Phi) is 4.40. The van der Waals surface area contributed by atoms with Crippen molar-refractivity contribution in [3.05, 3.63) is 42.2 Å². The Morgan fingerprint density at radius 3 is 2.84 bits per heavy atom. The minimum absolute atomic E-state index is 0.00443. The van der Waals surface area contributed by atoms with E-state index in [0.717, 1.165) is 30.9 Å². The molecule has 0 radical (unpaired) electrons. The van der Waals surface area contributed by atoms with Crippen molar-refractivity contribution >= 4 is 6.03 Å². The maximum absolute atomic E-state index is 12.5. The van der Waals surface area contributed by atoms with Crippen LogP contribution in [0.1, 0.15) is 25.0 Å². The highest BCUT2D eigenvalue weighted by Gasteiger charge is 2.35. The number of aromatic nitrogens is 3. The molecule has 4 rings (SSSR count). The number of likely N-dealkylation sites (N-methyl/N-ethyl adjacent to an activating group) is 1. The third kappa shape index (κ3) is 3.37. The Morgan fingerprint density at radius 1 is 1.20 bits per heavy atom. The number of hydrogen-bond acceptors (Lipinski definition) is 4. The van der Waals surface area contributed by atoms with E-state index in [1.807, 2.05) is 41.4 Å². The molecule has 0 saturated carbocycles. The summed E-state index contributed by atoms with van der Waals surface area (Å²) >= 11 is 0. The van der Waals surface area contributed by atoms with E-state index in [1.54, 1.807) is 4.68 Å². The summed E-state index contributed by atoms with van der Waals surface area (Å²) in [6.07, 6.45) is 5.37. The molecule has 132 valence electrons. The van der Waals surface area contributed by atoms with Crippen molar-refractivity contribution in [2.24, 2.45) is 0 Å². The van der Waals surface area contributed by atoms with Crippen molar-refractivity contribution in [2.45, 2.75) is 37.9 Å². The first-order valence-electron chi connectivity index (χ1n) is 8.92. The van der Waals surface area contributed by atoms with Gasteiger partial charge in [0, 0.05) is 25.2 Å². The second kappa shape index (κ2) is 6.84. The highest BCUT2D eigenvalue weighted by atomic mass is 16.2. The number of likely N-dealkylation sites (tertiary alicyclic amines) is 1. The summed E-state index contributed by atoms with van der Waals surface area (Å²) in [6, 6.07) is 11.0. The number of nitrogens with one attached hydrogen (secondary N) is 1. The molecule has 2 aliphatic heterocycles. The van der Waals surface area contributed by atoms with Crippen LogP contribution in [0.25, 0.3) is 5.69 Å². The molecule has 1 aromatic carbocycles.